The Hall–Kier alpha value is -2.67. The normalized spacial score (nSPS) is 19.2. The Bertz CT molecular complexity index is 891. The zero-order valence-electron chi connectivity index (χ0n) is 20.4. The molecule has 1 amide bonds. The van der Waals surface area contributed by atoms with Crippen LogP contribution in [0.15, 0.2) is 48.5 Å². The summed E-state index contributed by atoms with van der Waals surface area (Å²) in [6, 6.07) is 14.1. The highest BCUT2D eigenvalue weighted by Crippen LogP contribution is 2.34. The molecule has 0 aliphatic heterocycles. The van der Waals surface area contributed by atoms with Crippen LogP contribution in [-0.4, -0.2) is 43.1 Å². The third-order valence-electron chi connectivity index (χ3n) is 6.43. The molecule has 1 aliphatic rings. The molecule has 192 valence electrons. The van der Waals surface area contributed by atoms with Gasteiger partial charge < -0.3 is 19.9 Å². The summed E-state index contributed by atoms with van der Waals surface area (Å²) >= 11 is 0. The first-order chi connectivity index (χ1) is 16.9. The molecule has 0 saturated heterocycles. The smallest absolute Gasteiger partial charge is 0.223 e. The summed E-state index contributed by atoms with van der Waals surface area (Å²) in [6.45, 7) is 2.29. The van der Waals surface area contributed by atoms with Crippen molar-refractivity contribution in [1.29, 1.82) is 0 Å². The molecule has 1 saturated carbocycles. The highest BCUT2D eigenvalue weighted by Gasteiger charge is 2.31. The lowest BCUT2D eigenvalue weighted by molar-refractivity contribution is -0.123. The van der Waals surface area contributed by atoms with Crippen molar-refractivity contribution in [2.75, 3.05) is 19.9 Å². The third kappa shape index (κ3) is 9.13. The van der Waals surface area contributed by atoms with Crippen molar-refractivity contribution >= 4 is 5.91 Å². The predicted molar refractivity (Wildman–Crippen MR) is 132 cm³/mol. The minimum atomic E-state index is -0.934. The summed E-state index contributed by atoms with van der Waals surface area (Å²) in [5.41, 5.74) is 1.78. The number of carbonyl (C=O) groups is 1. The van der Waals surface area contributed by atoms with Gasteiger partial charge in [-0.3, -0.25) is 9.18 Å². The molecular weight excluding hydrogens is 452 g/mol. The second-order valence-electron chi connectivity index (χ2n) is 9.36. The molecule has 1 unspecified atom stereocenters. The lowest BCUT2D eigenvalue weighted by Gasteiger charge is -2.27. The number of ether oxygens (including phenoxy) is 2. The number of hydrogen-bond acceptors (Lipinski definition) is 4. The lowest BCUT2D eigenvalue weighted by atomic mass is 9.91. The van der Waals surface area contributed by atoms with Gasteiger partial charge in [0.1, 0.15) is 17.7 Å². The number of benzene rings is 2. The summed E-state index contributed by atoms with van der Waals surface area (Å²) in [5, 5.41) is 14.1. The molecule has 0 aromatic heterocycles. The molecule has 1 aliphatic carbocycles. The number of aliphatic hydroxyl groups excluding tert-OH is 1. The van der Waals surface area contributed by atoms with Crippen LogP contribution in [0.3, 0.4) is 0 Å². The molecule has 2 aromatic carbocycles. The average molecular weight is 490 g/mol. The van der Waals surface area contributed by atoms with E-state index in [1.807, 2.05) is 31.2 Å². The van der Waals surface area contributed by atoms with Crippen molar-refractivity contribution in [2.45, 2.75) is 70.2 Å². The third-order valence-corrected chi connectivity index (χ3v) is 6.43. The summed E-state index contributed by atoms with van der Waals surface area (Å²) in [6.07, 6.45) is 1.76. The van der Waals surface area contributed by atoms with Gasteiger partial charge in [0.2, 0.25) is 5.91 Å². The Balaban J connectivity index is 1.56. The number of aliphatic hydroxyl groups is 1. The van der Waals surface area contributed by atoms with E-state index >= 15 is 0 Å². The van der Waals surface area contributed by atoms with Gasteiger partial charge in [-0.25, -0.2) is 4.39 Å². The van der Waals surface area contributed by atoms with Gasteiger partial charge in [-0.2, -0.15) is 0 Å². The van der Waals surface area contributed by atoms with Crippen molar-refractivity contribution in [3.05, 3.63) is 59.7 Å². The Kier molecular flexibility index (Phi) is 10.8. The molecule has 0 radical (unpaired) electrons. The van der Waals surface area contributed by atoms with E-state index in [-0.39, 0.29) is 31.5 Å². The fourth-order valence-corrected chi connectivity index (χ4v) is 4.41. The first kappa shape index (κ1) is 26.9. The molecule has 2 N–H and O–H groups in total. The summed E-state index contributed by atoms with van der Waals surface area (Å²) in [5.74, 6) is 1.24. The lowest BCUT2D eigenvalue weighted by Crippen LogP contribution is -2.41. The fourth-order valence-electron chi connectivity index (χ4n) is 4.41. The zero-order chi connectivity index (χ0) is 25.0. The number of unbranched alkanes of at least 4 members (excludes halogenated alkanes) is 1. The van der Waals surface area contributed by atoms with Gasteiger partial charge in [0.25, 0.3) is 0 Å². The van der Waals surface area contributed by atoms with Gasteiger partial charge in [-0.05, 0) is 81.2 Å². The Morgan fingerprint density at radius 2 is 1.69 bits per heavy atom. The van der Waals surface area contributed by atoms with Crippen LogP contribution in [0.5, 0.6) is 11.5 Å². The van der Waals surface area contributed by atoms with Crippen LogP contribution in [0, 0.1) is 12.8 Å². The van der Waals surface area contributed by atoms with Gasteiger partial charge in [0.15, 0.2) is 0 Å². The van der Waals surface area contributed by atoms with Crippen LogP contribution in [0.25, 0.3) is 0 Å². The second-order valence-corrected chi connectivity index (χ2v) is 9.36. The number of halogens is 2. The number of carbonyl (C=O) groups excluding carboxylic acids is 1. The van der Waals surface area contributed by atoms with Crippen LogP contribution in [0.4, 0.5) is 8.78 Å². The Morgan fingerprint density at radius 3 is 2.31 bits per heavy atom. The van der Waals surface area contributed by atoms with E-state index in [1.54, 1.807) is 24.3 Å². The quantitative estimate of drug-likeness (QED) is 0.337. The van der Waals surface area contributed by atoms with Crippen molar-refractivity contribution < 1.29 is 28.2 Å². The maximum absolute atomic E-state index is 13.8. The second kappa shape index (κ2) is 14.0. The van der Waals surface area contributed by atoms with Crippen molar-refractivity contribution in [1.82, 2.24) is 5.32 Å². The molecule has 7 heteroatoms. The van der Waals surface area contributed by atoms with Gasteiger partial charge >= 0.3 is 0 Å². The molecule has 2 aromatic rings. The first-order valence-corrected chi connectivity index (χ1v) is 12.5. The molecule has 35 heavy (non-hydrogen) atoms. The molecule has 4 atom stereocenters. The zero-order valence-corrected chi connectivity index (χ0v) is 20.4. The number of alkyl halides is 2. The minimum absolute atomic E-state index is 0.117. The van der Waals surface area contributed by atoms with Gasteiger partial charge in [-0.1, -0.05) is 29.8 Å². The van der Waals surface area contributed by atoms with E-state index < -0.39 is 18.3 Å². The number of amides is 1. The summed E-state index contributed by atoms with van der Waals surface area (Å²) in [4.78, 5) is 12.7. The molecule has 0 heterocycles. The van der Waals surface area contributed by atoms with E-state index in [9.17, 15) is 18.7 Å². The SMILES string of the molecule is Cc1ccc(OCCC(=O)N[C@H](CC2CC[C@@H](F)C2)[C@H](O)c2ccc(OCCCCF)cc2)cc1. The van der Waals surface area contributed by atoms with Gasteiger partial charge in [0.05, 0.1) is 38.5 Å². The number of nitrogens with one attached hydrogen (secondary N) is 1. The van der Waals surface area contributed by atoms with E-state index in [4.69, 9.17) is 9.47 Å². The van der Waals surface area contributed by atoms with Crippen molar-refractivity contribution in [2.24, 2.45) is 5.92 Å². The molecule has 0 bridgehead atoms. The standard InChI is InChI=1S/C28H37F2NO4/c1-20-4-10-24(11-5-20)35-17-14-27(32)31-26(19-21-6-9-23(30)18-21)28(33)22-7-12-25(13-8-22)34-16-3-2-15-29/h4-5,7-8,10-13,21,23,26,28,33H,2-3,6,9,14-19H2,1H3,(H,31,32)/t21?,23-,26-,28-/m1/s1. The van der Waals surface area contributed by atoms with E-state index in [0.717, 1.165) is 12.0 Å². The van der Waals surface area contributed by atoms with Crippen LogP contribution in [0.1, 0.15) is 62.2 Å². The maximum Gasteiger partial charge on any atom is 0.223 e. The molecule has 1 fully saturated rings. The highest BCUT2D eigenvalue weighted by molar-refractivity contribution is 5.76. The van der Waals surface area contributed by atoms with Crippen LogP contribution in [-0.2, 0) is 4.79 Å². The monoisotopic (exact) mass is 489 g/mol. The summed E-state index contributed by atoms with van der Waals surface area (Å²) in [7, 11) is 0. The molecule has 3 rings (SSSR count). The summed E-state index contributed by atoms with van der Waals surface area (Å²) < 4.78 is 37.2. The largest absolute Gasteiger partial charge is 0.494 e. The van der Waals surface area contributed by atoms with E-state index in [0.29, 0.717) is 55.8 Å². The average Bonchev–Trinajstić information content (AvgIpc) is 3.27. The number of hydrogen-bond donors (Lipinski definition) is 2. The Morgan fingerprint density at radius 1 is 1.03 bits per heavy atom. The van der Waals surface area contributed by atoms with Gasteiger partial charge in [-0.15, -0.1) is 0 Å². The van der Waals surface area contributed by atoms with E-state index in [1.165, 1.54) is 0 Å². The number of aryl methyl sites for hydroxylation is 1. The molecular formula is C28H37F2NO4. The van der Waals surface area contributed by atoms with E-state index in [2.05, 4.69) is 5.32 Å². The van der Waals surface area contributed by atoms with Crippen LogP contribution >= 0.6 is 0 Å². The molecule has 5 nitrogen and oxygen atoms in total. The first-order valence-electron chi connectivity index (χ1n) is 12.5. The Labute approximate surface area is 206 Å². The van der Waals surface area contributed by atoms with Crippen LogP contribution in [0.2, 0.25) is 0 Å². The number of rotatable bonds is 14. The molecule has 0 spiro atoms. The van der Waals surface area contributed by atoms with Gasteiger partial charge in [0, 0.05) is 0 Å². The van der Waals surface area contributed by atoms with Crippen LogP contribution < -0.4 is 14.8 Å². The minimum Gasteiger partial charge on any atom is -0.494 e. The predicted octanol–water partition coefficient (Wildman–Crippen LogP) is 5.64. The topological polar surface area (TPSA) is 67.8 Å². The maximum atomic E-state index is 13.8. The highest BCUT2D eigenvalue weighted by atomic mass is 19.1. The van der Waals surface area contributed by atoms with Crippen molar-refractivity contribution in [3.8, 4) is 11.5 Å². The fraction of sp³-hybridized carbons (Fsp3) is 0.536. The van der Waals surface area contributed by atoms with Crippen molar-refractivity contribution in [3.63, 3.8) is 0 Å².